The first kappa shape index (κ1) is 30.8. The summed E-state index contributed by atoms with van der Waals surface area (Å²) < 4.78 is 12.2. The molecule has 3 aliphatic rings. The zero-order valence-electron chi connectivity index (χ0n) is 22.9. The number of benzene rings is 1. The lowest BCUT2D eigenvalue weighted by molar-refractivity contribution is -0.155. The van der Waals surface area contributed by atoms with Crippen LogP contribution in [0.2, 0.25) is 5.02 Å². The van der Waals surface area contributed by atoms with Gasteiger partial charge in [-0.1, -0.05) is 51.8 Å². The molecule has 0 aliphatic carbocycles. The third kappa shape index (κ3) is 5.50. The number of ether oxygens (including phenoxy) is 2. The van der Waals surface area contributed by atoms with Crippen LogP contribution in [0.15, 0.2) is 43.5 Å². The molecule has 0 aromatic heterocycles. The van der Waals surface area contributed by atoms with Crippen molar-refractivity contribution >= 4 is 51.0 Å². The maximum atomic E-state index is 14.6. The largest absolute Gasteiger partial charge is 0.465 e. The summed E-state index contributed by atoms with van der Waals surface area (Å²) in [4.78, 5) is 45.0. The van der Waals surface area contributed by atoms with Crippen molar-refractivity contribution in [3.63, 3.8) is 0 Å². The molecule has 6 atom stereocenters. The number of para-hydroxylation sites is 1. The summed E-state index contributed by atoms with van der Waals surface area (Å²) in [6.07, 6.45) is 6.61. The molecule has 2 bridgehead atoms. The van der Waals surface area contributed by atoms with E-state index < -0.39 is 35.6 Å². The molecule has 1 aromatic rings. The van der Waals surface area contributed by atoms with Crippen LogP contribution in [0.1, 0.15) is 44.1 Å². The Kier molecular flexibility index (Phi) is 10.1. The lowest BCUT2D eigenvalue weighted by Crippen LogP contribution is -2.57. The Balaban J connectivity index is 1.71. The molecule has 10 heteroatoms. The molecule has 1 N–H and O–H groups in total. The lowest BCUT2D eigenvalue weighted by atomic mass is 9.70. The first-order chi connectivity index (χ1) is 19.2. The Morgan fingerprint density at radius 1 is 1.27 bits per heavy atom. The van der Waals surface area contributed by atoms with Gasteiger partial charge in [0.2, 0.25) is 5.91 Å². The number of allylic oxidation sites excluding steroid dienone is 1. The number of fused-ring (bicyclic) bond motifs is 1. The highest BCUT2D eigenvalue weighted by molar-refractivity contribution is 9.09. The average molecular weight is 638 g/mol. The molecule has 1 spiro atoms. The first-order valence-electron chi connectivity index (χ1n) is 13.9. The smallest absolute Gasteiger partial charge is 0.312 e. The van der Waals surface area contributed by atoms with Gasteiger partial charge in [-0.25, -0.2) is 0 Å². The number of nitrogens with zero attached hydrogens (tertiary/aromatic N) is 2. The number of esters is 1. The summed E-state index contributed by atoms with van der Waals surface area (Å²) in [7, 11) is 0. The van der Waals surface area contributed by atoms with Crippen LogP contribution in [-0.2, 0) is 23.9 Å². The minimum atomic E-state index is -1.20. The Labute approximate surface area is 249 Å². The predicted molar refractivity (Wildman–Crippen MR) is 157 cm³/mol. The van der Waals surface area contributed by atoms with Gasteiger partial charge in [0.25, 0.3) is 5.91 Å². The molecule has 8 nitrogen and oxygen atoms in total. The highest BCUT2D eigenvalue weighted by Gasteiger charge is 2.77. The summed E-state index contributed by atoms with van der Waals surface area (Å²) in [5.41, 5.74) is 0.156. The molecule has 0 radical (unpaired) electrons. The van der Waals surface area contributed by atoms with Gasteiger partial charge in [0.1, 0.15) is 11.6 Å². The molecule has 218 valence electrons. The van der Waals surface area contributed by atoms with Crippen molar-refractivity contribution < 1.29 is 29.0 Å². The predicted octanol–water partition coefficient (Wildman–Crippen LogP) is 4.59. The Morgan fingerprint density at radius 3 is 2.73 bits per heavy atom. The van der Waals surface area contributed by atoms with Crippen molar-refractivity contribution in [2.24, 2.45) is 11.8 Å². The van der Waals surface area contributed by atoms with Gasteiger partial charge < -0.3 is 24.4 Å². The van der Waals surface area contributed by atoms with Crippen LogP contribution in [0.3, 0.4) is 0 Å². The van der Waals surface area contributed by atoms with E-state index in [1.807, 2.05) is 25.1 Å². The molecule has 3 heterocycles. The van der Waals surface area contributed by atoms with E-state index in [0.717, 1.165) is 18.4 Å². The maximum absolute atomic E-state index is 14.6. The van der Waals surface area contributed by atoms with Crippen molar-refractivity contribution in [2.75, 3.05) is 31.2 Å². The van der Waals surface area contributed by atoms with Gasteiger partial charge >= 0.3 is 5.97 Å². The van der Waals surface area contributed by atoms with Crippen molar-refractivity contribution in [3.8, 4) is 0 Å². The third-order valence-electron chi connectivity index (χ3n) is 8.19. The maximum Gasteiger partial charge on any atom is 0.312 e. The Bertz CT molecular complexity index is 1130. The number of aliphatic hydroxyl groups is 1. The van der Waals surface area contributed by atoms with Crippen LogP contribution < -0.4 is 4.90 Å². The van der Waals surface area contributed by atoms with Crippen molar-refractivity contribution in [1.29, 1.82) is 0 Å². The lowest BCUT2D eigenvalue weighted by Gasteiger charge is -2.37. The summed E-state index contributed by atoms with van der Waals surface area (Å²) in [6, 6.07) is 4.44. The molecule has 2 amide bonds. The van der Waals surface area contributed by atoms with E-state index >= 15 is 0 Å². The molecular weight excluding hydrogens is 600 g/mol. The SMILES string of the molecule is C=CCCCCOC(=O)[C@H]1[C@@H]2OC3(CC2Br)C(C(=O)N(CC=C)c2c(C)cccc2Cl)N(CCCCO)C(=O)[C@H]13. The van der Waals surface area contributed by atoms with Gasteiger partial charge in [-0.3, -0.25) is 14.4 Å². The van der Waals surface area contributed by atoms with Crippen LogP contribution in [0, 0.1) is 18.8 Å². The molecule has 40 heavy (non-hydrogen) atoms. The minimum absolute atomic E-state index is 0.0283. The van der Waals surface area contributed by atoms with Gasteiger partial charge in [0, 0.05) is 24.5 Å². The number of unbranched alkanes of at least 4 members (excludes halogenated alkanes) is 3. The quantitative estimate of drug-likeness (QED) is 0.139. The summed E-state index contributed by atoms with van der Waals surface area (Å²) >= 11 is 10.3. The second-order valence-corrected chi connectivity index (χ2v) is 12.3. The third-order valence-corrected chi connectivity index (χ3v) is 9.34. The molecule has 3 aliphatic heterocycles. The van der Waals surface area contributed by atoms with Gasteiger partial charge in [0.15, 0.2) is 0 Å². The molecule has 3 unspecified atom stereocenters. The number of aryl methyl sites for hydroxylation is 1. The van der Waals surface area contributed by atoms with Crippen molar-refractivity contribution in [1.82, 2.24) is 4.90 Å². The van der Waals surface area contributed by atoms with Gasteiger partial charge in [-0.15, -0.1) is 13.2 Å². The van der Waals surface area contributed by atoms with E-state index in [1.54, 1.807) is 21.9 Å². The van der Waals surface area contributed by atoms with Crippen LogP contribution >= 0.6 is 27.5 Å². The number of rotatable bonds is 14. The zero-order valence-corrected chi connectivity index (χ0v) is 25.2. The van der Waals surface area contributed by atoms with Crippen LogP contribution in [0.5, 0.6) is 0 Å². The van der Waals surface area contributed by atoms with E-state index in [9.17, 15) is 19.5 Å². The molecule has 4 rings (SSSR count). The normalized spacial score (nSPS) is 28.4. The topological polar surface area (TPSA) is 96.4 Å². The number of likely N-dealkylation sites (tertiary alicyclic amines) is 1. The second kappa shape index (κ2) is 13.2. The molecule has 0 saturated carbocycles. The van der Waals surface area contributed by atoms with E-state index in [0.29, 0.717) is 36.4 Å². The molecule has 3 saturated heterocycles. The average Bonchev–Trinajstić information content (AvgIpc) is 3.51. The van der Waals surface area contributed by atoms with Gasteiger partial charge in [0.05, 0.1) is 35.3 Å². The Hall–Kier alpha value is -2.20. The van der Waals surface area contributed by atoms with E-state index in [4.69, 9.17) is 21.1 Å². The van der Waals surface area contributed by atoms with Crippen LogP contribution in [0.25, 0.3) is 0 Å². The number of carbonyl (C=O) groups excluding carboxylic acids is 3. The fourth-order valence-corrected chi connectivity index (χ4v) is 7.77. The van der Waals surface area contributed by atoms with E-state index in [1.165, 1.54) is 0 Å². The number of halogens is 2. The number of carbonyl (C=O) groups is 3. The molecule has 3 fully saturated rings. The number of alkyl halides is 1. The van der Waals surface area contributed by atoms with E-state index in [-0.39, 0.29) is 42.9 Å². The summed E-state index contributed by atoms with van der Waals surface area (Å²) in [5, 5.41) is 9.81. The first-order valence-corrected chi connectivity index (χ1v) is 15.2. The summed E-state index contributed by atoms with van der Waals surface area (Å²) in [6.45, 7) is 10.1. The standard InChI is InChI=1S/C30H38BrClN2O6/c1-4-6-7-10-17-39-29(38)22-23-27(36)34(15-8-9-16-35)26(30(23)18-20(31)25(22)40-30)28(37)33(14-5-2)24-19(3)12-11-13-21(24)32/h4-5,11-13,20,22-23,25-26,35H,1-2,6-10,14-18H2,3H3/t20?,22-,23+,25-,26?,30?/m1/s1. The highest BCUT2D eigenvalue weighted by Crippen LogP contribution is 2.60. The summed E-state index contributed by atoms with van der Waals surface area (Å²) in [5.74, 6) is -2.76. The fraction of sp³-hybridized carbons (Fsp3) is 0.567. The van der Waals surface area contributed by atoms with Crippen molar-refractivity contribution in [3.05, 3.63) is 54.1 Å². The highest BCUT2D eigenvalue weighted by atomic mass is 79.9. The molecular formula is C30H38BrClN2O6. The van der Waals surface area contributed by atoms with Crippen LogP contribution in [0.4, 0.5) is 5.69 Å². The minimum Gasteiger partial charge on any atom is -0.465 e. The monoisotopic (exact) mass is 636 g/mol. The van der Waals surface area contributed by atoms with Gasteiger partial charge in [-0.2, -0.15) is 0 Å². The number of anilines is 1. The number of amides is 2. The fourth-order valence-electron chi connectivity index (χ4n) is 6.51. The number of hydrogen-bond acceptors (Lipinski definition) is 6. The Morgan fingerprint density at radius 2 is 2.05 bits per heavy atom. The van der Waals surface area contributed by atoms with Crippen LogP contribution in [-0.4, -0.2) is 76.7 Å². The van der Waals surface area contributed by atoms with Gasteiger partial charge in [-0.05, 0) is 57.1 Å². The zero-order chi connectivity index (χ0) is 29.0. The van der Waals surface area contributed by atoms with E-state index in [2.05, 4.69) is 29.1 Å². The second-order valence-electron chi connectivity index (χ2n) is 10.7. The molecule has 1 aromatic carbocycles. The number of aliphatic hydroxyl groups excluding tert-OH is 1. The number of hydrogen-bond donors (Lipinski definition) is 1. The van der Waals surface area contributed by atoms with Crippen molar-refractivity contribution in [2.45, 2.75) is 68.0 Å².